The summed E-state index contributed by atoms with van der Waals surface area (Å²) in [5.74, 6) is -0.0414. The van der Waals surface area contributed by atoms with Crippen molar-refractivity contribution in [3.63, 3.8) is 0 Å². The molecule has 0 bridgehead atoms. The lowest BCUT2D eigenvalue weighted by Crippen LogP contribution is -2.31. The molecule has 1 amide bonds. The highest BCUT2D eigenvalue weighted by molar-refractivity contribution is 6.46. The number of Topliss-reactive ketones (excluding diaryl/α,β-unsaturated/α-hetero) is 1. The number of aryl methyl sites for hydroxylation is 1. The molecule has 1 aliphatic heterocycles. The lowest BCUT2D eigenvalue weighted by atomic mass is 9.94. The second kappa shape index (κ2) is 11.1. The molecular weight excluding hydrogens is 478 g/mol. The van der Waals surface area contributed by atoms with Gasteiger partial charge in [0, 0.05) is 31.0 Å². The van der Waals surface area contributed by atoms with Gasteiger partial charge in [0.05, 0.1) is 46.4 Å². The molecule has 1 N–H and O–H groups in total. The summed E-state index contributed by atoms with van der Waals surface area (Å²) in [6.45, 7) is 0.868. The number of aromatic nitrogens is 2. The van der Waals surface area contributed by atoms with Gasteiger partial charge in [-0.1, -0.05) is 0 Å². The van der Waals surface area contributed by atoms with Gasteiger partial charge in [-0.3, -0.25) is 9.59 Å². The number of rotatable bonds is 10. The highest BCUT2D eigenvalue weighted by atomic mass is 16.5. The van der Waals surface area contributed by atoms with Gasteiger partial charge in [-0.25, -0.2) is 4.98 Å². The largest absolute Gasteiger partial charge is 0.507 e. The zero-order valence-corrected chi connectivity index (χ0v) is 21.1. The minimum absolute atomic E-state index is 0.0212. The van der Waals surface area contributed by atoms with Crippen molar-refractivity contribution in [3.05, 3.63) is 71.8 Å². The summed E-state index contributed by atoms with van der Waals surface area (Å²) in [5, 5.41) is 11.3. The highest BCUT2D eigenvalue weighted by Gasteiger charge is 2.46. The predicted octanol–water partition coefficient (Wildman–Crippen LogP) is 3.43. The van der Waals surface area contributed by atoms with Gasteiger partial charge in [0.2, 0.25) is 5.75 Å². The molecule has 2 heterocycles. The molecule has 0 saturated carbocycles. The second-order valence-electron chi connectivity index (χ2n) is 8.33. The zero-order valence-electron chi connectivity index (χ0n) is 21.1. The first-order valence-electron chi connectivity index (χ1n) is 11.6. The first kappa shape index (κ1) is 25.6. The van der Waals surface area contributed by atoms with Crippen molar-refractivity contribution < 1.29 is 33.6 Å². The molecule has 1 aliphatic rings. The number of likely N-dealkylation sites (tertiary alicyclic amines) is 1. The first-order valence-corrected chi connectivity index (χ1v) is 11.6. The maximum Gasteiger partial charge on any atom is 0.295 e. The summed E-state index contributed by atoms with van der Waals surface area (Å²) in [4.78, 5) is 32.1. The average molecular weight is 508 g/mol. The third kappa shape index (κ3) is 4.95. The van der Waals surface area contributed by atoms with Crippen LogP contribution >= 0.6 is 0 Å². The topological polar surface area (TPSA) is 112 Å². The van der Waals surface area contributed by atoms with Crippen LogP contribution in [-0.2, 0) is 16.1 Å². The van der Waals surface area contributed by atoms with Crippen LogP contribution in [0.3, 0.4) is 0 Å². The van der Waals surface area contributed by atoms with Crippen molar-refractivity contribution in [1.29, 1.82) is 0 Å². The van der Waals surface area contributed by atoms with Gasteiger partial charge >= 0.3 is 0 Å². The fourth-order valence-electron chi connectivity index (χ4n) is 4.46. The van der Waals surface area contributed by atoms with E-state index in [1.807, 2.05) is 10.8 Å². The number of carbonyl (C=O) groups excluding carboxylic acids is 2. The Morgan fingerprint density at radius 3 is 2.16 bits per heavy atom. The van der Waals surface area contributed by atoms with E-state index >= 15 is 0 Å². The van der Waals surface area contributed by atoms with E-state index in [0.29, 0.717) is 47.1 Å². The van der Waals surface area contributed by atoms with E-state index in [9.17, 15) is 14.7 Å². The van der Waals surface area contributed by atoms with Crippen LogP contribution in [0.5, 0.6) is 23.0 Å². The normalized spacial score (nSPS) is 16.6. The van der Waals surface area contributed by atoms with Crippen LogP contribution < -0.4 is 18.9 Å². The van der Waals surface area contributed by atoms with Crippen LogP contribution in [-0.4, -0.2) is 66.2 Å². The van der Waals surface area contributed by atoms with Crippen LogP contribution in [0.2, 0.25) is 0 Å². The molecule has 10 heteroatoms. The van der Waals surface area contributed by atoms with E-state index in [0.717, 1.165) is 0 Å². The first-order chi connectivity index (χ1) is 17.9. The maximum absolute atomic E-state index is 13.3. The Morgan fingerprint density at radius 2 is 1.62 bits per heavy atom. The number of methoxy groups -OCH3 is 4. The molecule has 1 aromatic heterocycles. The summed E-state index contributed by atoms with van der Waals surface area (Å²) in [6, 6.07) is 9.10. The highest BCUT2D eigenvalue weighted by Crippen LogP contribution is 2.45. The Kier molecular flexibility index (Phi) is 7.66. The van der Waals surface area contributed by atoms with Crippen molar-refractivity contribution in [1.82, 2.24) is 14.5 Å². The van der Waals surface area contributed by atoms with Crippen molar-refractivity contribution in [3.8, 4) is 23.0 Å². The van der Waals surface area contributed by atoms with Crippen LogP contribution in [0.1, 0.15) is 23.6 Å². The quantitative estimate of drug-likeness (QED) is 0.252. The number of amides is 1. The van der Waals surface area contributed by atoms with Gasteiger partial charge in [0.25, 0.3) is 11.7 Å². The molecule has 1 atom stereocenters. The van der Waals surface area contributed by atoms with E-state index in [4.69, 9.17) is 18.9 Å². The molecular formula is C27H29N3O7. The van der Waals surface area contributed by atoms with Crippen molar-refractivity contribution >= 4 is 17.4 Å². The Balaban J connectivity index is 1.82. The van der Waals surface area contributed by atoms with E-state index < -0.39 is 17.7 Å². The zero-order chi connectivity index (χ0) is 26.5. The third-order valence-electron chi connectivity index (χ3n) is 6.28. The lowest BCUT2D eigenvalue weighted by Gasteiger charge is -2.26. The second-order valence-corrected chi connectivity index (χ2v) is 8.33. The van der Waals surface area contributed by atoms with E-state index in [1.165, 1.54) is 33.3 Å². The van der Waals surface area contributed by atoms with Gasteiger partial charge in [-0.2, -0.15) is 0 Å². The average Bonchev–Trinajstić information content (AvgIpc) is 3.54. The summed E-state index contributed by atoms with van der Waals surface area (Å²) in [5.41, 5.74) is 0.896. The third-order valence-corrected chi connectivity index (χ3v) is 6.28. The summed E-state index contributed by atoms with van der Waals surface area (Å²) in [6.07, 6.45) is 5.76. The van der Waals surface area contributed by atoms with Gasteiger partial charge < -0.3 is 33.5 Å². The molecule has 1 saturated heterocycles. The lowest BCUT2D eigenvalue weighted by molar-refractivity contribution is -0.139. The molecule has 0 aliphatic carbocycles. The molecule has 37 heavy (non-hydrogen) atoms. The summed E-state index contributed by atoms with van der Waals surface area (Å²) in [7, 11) is 6.00. The Hall–Kier alpha value is -4.47. The van der Waals surface area contributed by atoms with Gasteiger partial charge in [-0.05, 0) is 48.4 Å². The fourth-order valence-corrected chi connectivity index (χ4v) is 4.46. The molecule has 2 aromatic carbocycles. The number of ketones is 1. The Morgan fingerprint density at radius 1 is 0.946 bits per heavy atom. The summed E-state index contributed by atoms with van der Waals surface area (Å²) < 4.78 is 23.5. The van der Waals surface area contributed by atoms with E-state index in [1.54, 1.807) is 48.9 Å². The standard InChI is InChI=1S/C27H29N3O7/c1-34-19-8-6-17(7-9-19)24(31)22-23(18-14-20(35-2)26(37-4)21(15-18)36-3)30(27(33)25(22)32)12-5-11-29-13-10-28-16-29/h6-10,13-16,23,31H,5,11-12H2,1-4H3. The van der Waals surface area contributed by atoms with Crippen LogP contribution in [0, 0.1) is 0 Å². The van der Waals surface area contributed by atoms with Crippen molar-refractivity contribution in [2.75, 3.05) is 35.0 Å². The minimum atomic E-state index is -0.876. The monoisotopic (exact) mass is 507 g/mol. The minimum Gasteiger partial charge on any atom is -0.507 e. The van der Waals surface area contributed by atoms with Crippen LogP contribution in [0.15, 0.2) is 60.7 Å². The predicted molar refractivity (Wildman–Crippen MR) is 135 cm³/mol. The van der Waals surface area contributed by atoms with E-state index in [2.05, 4.69) is 4.98 Å². The number of carbonyl (C=O) groups is 2. The number of aliphatic hydroxyl groups is 1. The number of aliphatic hydroxyl groups excluding tert-OH is 1. The number of hydrogen-bond donors (Lipinski definition) is 1. The Bertz CT molecular complexity index is 1280. The van der Waals surface area contributed by atoms with Crippen molar-refractivity contribution in [2.45, 2.75) is 19.0 Å². The van der Waals surface area contributed by atoms with Gasteiger partial charge in [0.15, 0.2) is 11.5 Å². The smallest absolute Gasteiger partial charge is 0.295 e. The molecule has 1 unspecified atom stereocenters. The number of hydrogen-bond acceptors (Lipinski definition) is 8. The van der Waals surface area contributed by atoms with Gasteiger partial charge in [-0.15, -0.1) is 0 Å². The van der Waals surface area contributed by atoms with E-state index in [-0.39, 0.29) is 17.9 Å². The molecule has 194 valence electrons. The molecule has 10 nitrogen and oxygen atoms in total. The Labute approximate surface area is 214 Å². The molecule has 0 spiro atoms. The fraction of sp³-hybridized carbons (Fsp3) is 0.296. The number of benzene rings is 2. The number of ether oxygens (including phenoxy) is 4. The van der Waals surface area contributed by atoms with Gasteiger partial charge in [0.1, 0.15) is 11.5 Å². The summed E-state index contributed by atoms with van der Waals surface area (Å²) >= 11 is 0. The molecule has 1 fully saturated rings. The molecule has 4 rings (SSSR count). The molecule has 3 aromatic rings. The SMILES string of the molecule is COc1ccc(C(O)=C2C(=O)C(=O)N(CCCn3ccnc3)C2c2cc(OC)c(OC)c(OC)c2)cc1. The van der Waals surface area contributed by atoms with Crippen LogP contribution in [0.4, 0.5) is 0 Å². The number of nitrogens with zero attached hydrogens (tertiary/aromatic N) is 3. The molecule has 0 radical (unpaired) electrons. The maximum atomic E-state index is 13.3. The van der Waals surface area contributed by atoms with Crippen molar-refractivity contribution in [2.24, 2.45) is 0 Å². The van der Waals surface area contributed by atoms with Crippen LogP contribution in [0.25, 0.3) is 5.76 Å². The number of imidazole rings is 1.